The topological polar surface area (TPSA) is 94.8 Å². The summed E-state index contributed by atoms with van der Waals surface area (Å²) in [7, 11) is 1.75. The molecule has 1 amide bonds. The molecule has 36 heavy (non-hydrogen) atoms. The van der Waals surface area contributed by atoms with E-state index in [1.165, 1.54) is 24.3 Å². The third-order valence-corrected chi connectivity index (χ3v) is 5.16. The van der Waals surface area contributed by atoms with Gasteiger partial charge in [-0.1, -0.05) is 12.1 Å². The predicted octanol–water partition coefficient (Wildman–Crippen LogP) is 5.49. The van der Waals surface area contributed by atoms with Crippen molar-refractivity contribution in [3.05, 3.63) is 90.4 Å². The number of alkyl halides is 3. The number of carbonyl (C=O) groups excluding carboxylic acids is 1. The van der Waals surface area contributed by atoms with Crippen LogP contribution in [0, 0.1) is 0 Å². The summed E-state index contributed by atoms with van der Waals surface area (Å²) in [4.78, 5) is 25.8. The zero-order valence-corrected chi connectivity index (χ0v) is 18.7. The van der Waals surface area contributed by atoms with E-state index in [2.05, 4.69) is 25.4 Å². The summed E-state index contributed by atoms with van der Waals surface area (Å²) >= 11 is 0. The molecule has 0 spiro atoms. The molecule has 0 unspecified atom stereocenters. The van der Waals surface area contributed by atoms with Gasteiger partial charge in [0.05, 0.1) is 5.56 Å². The van der Waals surface area contributed by atoms with Crippen molar-refractivity contribution in [1.29, 1.82) is 0 Å². The lowest BCUT2D eigenvalue weighted by atomic mass is 10.1. The van der Waals surface area contributed by atoms with Gasteiger partial charge in [0.1, 0.15) is 11.1 Å². The fourth-order valence-electron chi connectivity index (χ4n) is 3.49. The monoisotopic (exact) mass is 490 g/mol. The SMILES string of the molecule is Cn1cc2c(Oc3cccc(C(=O)Nc4cccc(C(F)(F)F)c4)c3)nc(-c3ccncc3)nc2n1. The molecule has 0 aliphatic carbocycles. The molecular formula is C25H17F3N6O2. The van der Waals surface area contributed by atoms with E-state index in [1.807, 2.05) is 0 Å². The molecule has 0 atom stereocenters. The molecular weight excluding hydrogens is 473 g/mol. The van der Waals surface area contributed by atoms with Crippen LogP contribution in [-0.2, 0) is 13.2 Å². The van der Waals surface area contributed by atoms with Gasteiger partial charge in [-0.2, -0.15) is 23.3 Å². The Kier molecular flexibility index (Phi) is 5.80. The maximum atomic E-state index is 13.0. The van der Waals surface area contributed by atoms with Crippen molar-refractivity contribution in [2.24, 2.45) is 7.05 Å². The second-order valence-electron chi connectivity index (χ2n) is 7.79. The minimum atomic E-state index is -4.52. The minimum Gasteiger partial charge on any atom is -0.438 e. The third-order valence-electron chi connectivity index (χ3n) is 5.16. The molecule has 11 heteroatoms. The Balaban J connectivity index is 1.43. The van der Waals surface area contributed by atoms with E-state index in [1.54, 1.807) is 54.6 Å². The molecule has 0 aliphatic heterocycles. The summed E-state index contributed by atoms with van der Waals surface area (Å²) in [5.74, 6) is 0.329. The lowest BCUT2D eigenvalue weighted by Crippen LogP contribution is -2.13. The maximum absolute atomic E-state index is 13.0. The Hall–Kier alpha value is -4.80. The molecule has 0 saturated heterocycles. The number of rotatable bonds is 5. The number of fused-ring (bicyclic) bond motifs is 1. The van der Waals surface area contributed by atoms with Crippen LogP contribution in [0.25, 0.3) is 22.4 Å². The Morgan fingerprint density at radius 1 is 1.00 bits per heavy atom. The summed E-state index contributed by atoms with van der Waals surface area (Å²) in [5, 5.41) is 7.39. The molecule has 0 aliphatic rings. The van der Waals surface area contributed by atoms with E-state index >= 15 is 0 Å². The van der Waals surface area contributed by atoms with Crippen molar-refractivity contribution in [2.45, 2.75) is 6.18 Å². The second kappa shape index (κ2) is 9.10. The number of hydrogen-bond acceptors (Lipinski definition) is 6. The lowest BCUT2D eigenvalue weighted by Gasteiger charge is -2.11. The van der Waals surface area contributed by atoms with Gasteiger partial charge in [-0.25, -0.2) is 4.98 Å². The van der Waals surface area contributed by atoms with E-state index in [4.69, 9.17) is 4.74 Å². The summed E-state index contributed by atoms with van der Waals surface area (Å²) in [6.07, 6.45) is 0.437. The highest BCUT2D eigenvalue weighted by atomic mass is 19.4. The van der Waals surface area contributed by atoms with Crippen LogP contribution >= 0.6 is 0 Å². The van der Waals surface area contributed by atoms with Gasteiger partial charge >= 0.3 is 6.18 Å². The van der Waals surface area contributed by atoms with Gasteiger partial charge in [0.15, 0.2) is 11.5 Å². The number of nitrogens with one attached hydrogen (secondary N) is 1. The first-order chi connectivity index (χ1) is 17.3. The molecule has 3 aromatic heterocycles. The van der Waals surface area contributed by atoms with Crippen LogP contribution < -0.4 is 10.1 Å². The largest absolute Gasteiger partial charge is 0.438 e. The highest BCUT2D eigenvalue weighted by Gasteiger charge is 2.30. The van der Waals surface area contributed by atoms with Crippen LogP contribution in [0.2, 0.25) is 0 Å². The normalized spacial score (nSPS) is 11.4. The first-order valence-electron chi connectivity index (χ1n) is 10.6. The Bertz CT molecular complexity index is 1570. The highest BCUT2D eigenvalue weighted by Crippen LogP contribution is 2.32. The number of pyridine rings is 1. The number of ether oxygens (including phenoxy) is 1. The summed E-state index contributed by atoms with van der Waals surface area (Å²) in [5.41, 5.74) is 0.503. The van der Waals surface area contributed by atoms with Gasteiger partial charge in [-0.3, -0.25) is 14.5 Å². The molecule has 0 radical (unpaired) electrons. The van der Waals surface area contributed by atoms with Crippen LogP contribution in [0.3, 0.4) is 0 Å². The number of halogens is 3. The number of amides is 1. The van der Waals surface area contributed by atoms with Crippen molar-refractivity contribution >= 4 is 22.6 Å². The molecule has 180 valence electrons. The Morgan fingerprint density at radius 2 is 1.78 bits per heavy atom. The number of hydrogen-bond donors (Lipinski definition) is 1. The summed E-state index contributed by atoms with van der Waals surface area (Å²) in [6.45, 7) is 0. The van der Waals surface area contributed by atoms with Crippen LogP contribution in [0.5, 0.6) is 11.6 Å². The van der Waals surface area contributed by atoms with Crippen molar-refractivity contribution < 1.29 is 22.7 Å². The predicted molar refractivity (Wildman–Crippen MR) is 125 cm³/mol. The van der Waals surface area contributed by atoms with Crippen molar-refractivity contribution in [2.75, 3.05) is 5.32 Å². The average molecular weight is 490 g/mol. The summed E-state index contributed by atoms with van der Waals surface area (Å²) < 4.78 is 46.6. The molecule has 8 nitrogen and oxygen atoms in total. The van der Waals surface area contributed by atoms with Gasteiger partial charge in [-0.15, -0.1) is 0 Å². The lowest BCUT2D eigenvalue weighted by molar-refractivity contribution is -0.137. The van der Waals surface area contributed by atoms with Gasteiger partial charge in [0, 0.05) is 42.5 Å². The van der Waals surface area contributed by atoms with E-state index in [0.29, 0.717) is 22.6 Å². The molecule has 3 heterocycles. The molecule has 0 bridgehead atoms. The van der Waals surface area contributed by atoms with E-state index in [-0.39, 0.29) is 17.1 Å². The number of anilines is 1. The Morgan fingerprint density at radius 3 is 2.56 bits per heavy atom. The fraction of sp³-hybridized carbons (Fsp3) is 0.0800. The molecule has 5 aromatic rings. The van der Waals surface area contributed by atoms with Crippen LogP contribution in [0.15, 0.2) is 79.3 Å². The Labute approximate surface area is 202 Å². The van der Waals surface area contributed by atoms with Crippen molar-refractivity contribution in [3.63, 3.8) is 0 Å². The highest BCUT2D eigenvalue weighted by molar-refractivity contribution is 6.04. The summed E-state index contributed by atoms with van der Waals surface area (Å²) in [6, 6.07) is 14.2. The second-order valence-corrected chi connectivity index (χ2v) is 7.79. The minimum absolute atomic E-state index is 0.0241. The number of aromatic nitrogens is 5. The maximum Gasteiger partial charge on any atom is 0.416 e. The van der Waals surface area contributed by atoms with Gasteiger partial charge < -0.3 is 10.1 Å². The molecule has 5 rings (SSSR count). The van der Waals surface area contributed by atoms with Crippen molar-refractivity contribution in [3.8, 4) is 23.0 Å². The third kappa shape index (κ3) is 4.85. The van der Waals surface area contributed by atoms with Crippen LogP contribution in [0.4, 0.5) is 18.9 Å². The standard InChI is InChI=1S/C25H17F3N6O2/c1-34-14-20-22(33-34)31-21(15-8-10-29-11-9-15)32-24(20)36-19-7-2-4-16(12-19)23(35)30-18-6-3-5-17(13-18)25(26,27)28/h2-14H,1H3,(H,30,35). The molecule has 2 aromatic carbocycles. The fourth-order valence-corrected chi connectivity index (χ4v) is 3.49. The van der Waals surface area contributed by atoms with E-state index in [0.717, 1.165) is 17.7 Å². The zero-order valence-electron chi connectivity index (χ0n) is 18.7. The quantitative estimate of drug-likeness (QED) is 0.350. The molecule has 0 fully saturated rings. The number of benzene rings is 2. The van der Waals surface area contributed by atoms with E-state index in [9.17, 15) is 18.0 Å². The van der Waals surface area contributed by atoms with Gasteiger partial charge in [-0.05, 0) is 48.5 Å². The smallest absolute Gasteiger partial charge is 0.416 e. The zero-order chi connectivity index (χ0) is 25.3. The first kappa shape index (κ1) is 23.0. The van der Waals surface area contributed by atoms with Crippen LogP contribution in [-0.4, -0.2) is 30.6 Å². The molecule has 0 saturated carbocycles. The average Bonchev–Trinajstić information content (AvgIpc) is 3.25. The number of nitrogens with zero attached hydrogens (tertiary/aromatic N) is 5. The van der Waals surface area contributed by atoms with Crippen molar-refractivity contribution in [1.82, 2.24) is 24.7 Å². The number of aryl methyl sites for hydroxylation is 1. The number of carbonyl (C=O) groups is 1. The van der Waals surface area contributed by atoms with E-state index < -0.39 is 17.6 Å². The first-order valence-corrected chi connectivity index (χ1v) is 10.6. The van der Waals surface area contributed by atoms with Gasteiger partial charge in [0.2, 0.25) is 5.88 Å². The molecule has 1 N–H and O–H groups in total. The van der Waals surface area contributed by atoms with Crippen LogP contribution in [0.1, 0.15) is 15.9 Å². The van der Waals surface area contributed by atoms with Gasteiger partial charge in [0.25, 0.3) is 5.91 Å².